The predicted octanol–water partition coefficient (Wildman–Crippen LogP) is 6.97. The van der Waals surface area contributed by atoms with Gasteiger partial charge in [-0.15, -0.1) is 0 Å². The van der Waals surface area contributed by atoms with E-state index >= 15 is 0 Å². The molecular formula is C24H9BF10O2. The summed E-state index contributed by atoms with van der Waals surface area (Å²) in [7, 11) is -2.36. The minimum Gasteiger partial charge on any atom is -0.393 e. The largest absolute Gasteiger partial charge is 0.498 e. The summed E-state index contributed by atoms with van der Waals surface area (Å²) in [5.74, 6) is -16.2. The first-order valence-corrected chi connectivity index (χ1v) is 10.3. The standard InChI is InChI=1S/C24H9BF10O2/c26-8-1-4-12(27)11(7-8)25(36-23-9-2-5-13(28)17(30)15(9)19(32)21(23)34)37-24-10-3-6-14(29)18(31)16(10)20(33)22(24)35/h1-7,23-24H. The second-order valence-corrected chi connectivity index (χ2v) is 8.01. The normalized spacial score (nSPS) is 18.5. The number of benzene rings is 3. The van der Waals surface area contributed by atoms with Crippen molar-refractivity contribution < 1.29 is 53.2 Å². The van der Waals surface area contributed by atoms with Crippen LogP contribution in [-0.2, 0) is 9.31 Å². The summed E-state index contributed by atoms with van der Waals surface area (Å²) in [5.41, 5.74) is -4.35. The molecule has 0 N–H and O–H groups in total. The van der Waals surface area contributed by atoms with Crippen molar-refractivity contribution in [2.24, 2.45) is 0 Å². The van der Waals surface area contributed by atoms with E-state index in [0.717, 1.165) is 12.1 Å². The van der Waals surface area contributed by atoms with Crippen molar-refractivity contribution in [1.82, 2.24) is 0 Å². The van der Waals surface area contributed by atoms with Crippen LogP contribution in [-0.4, -0.2) is 7.12 Å². The summed E-state index contributed by atoms with van der Waals surface area (Å²) in [4.78, 5) is 0. The molecule has 190 valence electrons. The maximum Gasteiger partial charge on any atom is 0.498 e. The van der Waals surface area contributed by atoms with Gasteiger partial charge in [-0.3, -0.25) is 0 Å². The van der Waals surface area contributed by atoms with Crippen molar-refractivity contribution in [3.05, 3.63) is 111 Å². The van der Waals surface area contributed by atoms with Gasteiger partial charge >= 0.3 is 7.12 Å². The van der Waals surface area contributed by atoms with Gasteiger partial charge in [0, 0.05) is 5.46 Å². The minimum atomic E-state index is -2.36. The SMILES string of the molecule is FC1=C(F)C(OB(OC2C(F)=C(F)c3c2ccc(F)c3F)c2cc(F)ccc2F)c2ccc(F)c(F)c21. The van der Waals surface area contributed by atoms with Crippen molar-refractivity contribution in [3.63, 3.8) is 0 Å². The summed E-state index contributed by atoms with van der Waals surface area (Å²) in [6.07, 6.45) is -4.44. The summed E-state index contributed by atoms with van der Waals surface area (Å²) in [6.45, 7) is 0. The topological polar surface area (TPSA) is 18.5 Å². The molecule has 0 radical (unpaired) electrons. The summed E-state index contributed by atoms with van der Waals surface area (Å²) in [6, 6.07) is 4.30. The number of hydrogen-bond donors (Lipinski definition) is 0. The van der Waals surface area contributed by atoms with Crippen LogP contribution in [0.4, 0.5) is 43.9 Å². The zero-order valence-corrected chi connectivity index (χ0v) is 17.9. The fraction of sp³-hybridized carbons (Fsp3) is 0.0833. The van der Waals surface area contributed by atoms with E-state index in [-0.39, 0.29) is 0 Å². The van der Waals surface area contributed by atoms with Crippen molar-refractivity contribution in [3.8, 4) is 0 Å². The van der Waals surface area contributed by atoms with Crippen molar-refractivity contribution in [1.29, 1.82) is 0 Å². The molecule has 2 nitrogen and oxygen atoms in total. The summed E-state index contributed by atoms with van der Waals surface area (Å²) < 4.78 is 153. The average Bonchev–Trinajstić information content (AvgIpc) is 3.25. The maximum absolute atomic E-state index is 14.8. The fourth-order valence-electron chi connectivity index (χ4n) is 4.14. The number of halogens is 10. The molecule has 0 saturated carbocycles. The molecule has 0 heterocycles. The van der Waals surface area contributed by atoms with Gasteiger partial charge in [-0.1, -0.05) is 12.1 Å². The van der Waals surface area contributed by atoms with E-state index < -0.39 is 105 Å². The quantitative estimate of drug-likeness (QED) is 0.262. The third-order valence-electron chi connectivity index (χ3n) is 5.87. The van der Waals surface area contributed by atoms with E-state index in [1.807, 2.05) is 0 Å². The Bertz CT molecular complexity index is 1430. The Morgan fingerprint density at radius 2 is 0.973 bits per heavy atom. The zero-order chi connectivity index (χ0) is 26.8. The summed E-state index contributed by atoms with van der Waals surface area (Å²) >= 11 is 0. The van der Waals surface area contributed by atoms with Crippen LogP contribution in [0.25, 0.3) is 11.7 Å². The van der Waals surface area contributed by atoms with Gasteiger partial charge in [-0.2, -0.15) is 0 Å². The molecule has 2 aliphatic rings. The first-order chi connectivity index (χ1) is 17.5. The number of hydrogen-bond acceptors (Lipinski definition) is 2. The summed E-state index contributed by atoms with van der Waals surface area (Å²) in [5, 5.41) is 0. The van der Waals surface area contributed by atoms with Gasteiger partial charge in [0.2, 0.25) is 0 Å². The van der Waals surface area contributed by atoms with Crippen molar-refractivity contribution >= 4 is 24.2 Å². The van der Waals surface area contributed by atoms with Crippen LogP contribution in [0.5, 0.6) is 0 Å². The van der Waals surface area contributed by atoms with Crippen LogP contribution in [0.1, 0.15) is 34.5 Å². The van der Waals surface area contributed by atoms with E-state index in [0.29, 0.717) is 30.3 Å². The van der Waals surface area contributed by atoms with E-state index in [2.05, 4.69) is 0 Å². The van der Waals surface area contributed by atoms with Crippen LogP contribution in [0.3, 0.4) is 0 Å². The lowest BCUT2D eigenvalue weighted by Crippen LogP contribution is -2.41. The van der Waals surface area contributed by atoms with Crippen molar-refractivity contribution in [2.75, 3.05) is 0 Å². The van der Waals surface area contributed by atoms with Gasteiger partial charge in [0.15, 0.2) is 46.6 Å². The van der Waals surface area contributed by atoms with Gasteiger partial charge < -0.3 is 9.31 Å². The van der Waals surface area contributed by atoms with E-state index in [9.17, 15) is 43.9 Å². The Balaban J connectivity index is 1.60. The lowest BCUT2D eigenvalue weighted by Gasteiger charge is -2.24. The molecule has 0 bridgehead atoms. The van der Waals surface area contributed by atoms with E-state index in [4.69, 9.17) is 9.31 Å². The molecule has 0 aliphatic heterocycles. The highest BCUT2D eigenvalue weighted by Crippen LogP contribution is 2.48. The molecule has 3 aromatic carbocycles. The minimum absolute atomic E-state index is 0.484. The lowest BCUT2D eigenvalue weighted by molar-refractivity contribution is 0.119. The predicted molar refractivity (Wildman–Crippen MR) is 110 cm³/mol. The monoisotopic (exact) mass is 530 g/mol. The van der Waals surface area contributed by atoms with Crippen molar-refractivity contribution in [2.45, 2.75) is 12.2 Å². The Morgan fingerprint density at radius 1 is 0.541 bits per heavy atom. The van der Waals surface area contributed by atoms with Gasteiger partial charge in [0.25, 0.3) is 0 Å². The molecule has 0 spiro atoms. The molecular weight excluding hydrogens is 521 g/mol. The molecule has 37 heavy (non-hydrogen) atoms. The highest BCUT2D eigenvalue weighted by atomic mass is 19.2. The van der Waals surface area contributed by atoms with Gasteiger partial charge in [-0.05, 0) is 41.5 Å². The smallest absolute Gasteiger partial charge is 0.393 e. The van der Waals surface area contributed by atoms with Gasteiger partial charge in [0.1, 0.15) is 23.8 Å². The number of rotatable bonds is 5. The van der Waals surface area contributed by atoms with Gasteiger partial charge in [0.05, 0.1) is 11.1 Å². The van der Waals surface area contributed by atoms with Crippen LogP contribution in [0.15, 0.2) is 54.1 Å². The van der Waals surface area contributed by atoms with Crippen LogP contribution in [0.2, 0.25) is 0 Å². The molecule has 5 rings (SSSR count). The Kier molecular flexibility index (Phi) is 6.15. The average molecular weight is 530 g/mol. The molecule has 0 aromatic heterocycles. The Morgan fingerprint density at radius 3 is 1.43 bits per heavy atom. The highest BCUT2D eigenvalue weighted by Gasteiger charge is 2.44. The molecule has 0 fully saturated rings. The molecule has 0 amide bonds. The second-order valence-electron chi connectivity index (χ2n) is 8.01. The highest BCUT2D eigenvalue weighted by molar-refractivity contribution is 6.61. The van der Waals surface area contributed by atoms with Crippen LogP contribution >= 0.6 is 0 Å². The van der Waals surface area contributed by atoms with Crippen LogP contribution < -0.4 is 5.46 Å². The van der Waals surface area contributed by atoms with E-state index in [1.54, 1.807) is 0 Å². The fourth-order valence-corrected chi connectivity index (χ4v) is 4.14. The van der Waals surface area contributed by atoms with E-state index in [1.165, 1.54) is 0 Å². The molecule has 2 atom stereocenters. The number of fused-ring (bicyclic) bond motifs is 2. The Hall–Kier alpha value is -3.58. The molecule has 0 saturated heterocycles. The molecule has 13 heteroatoms. The van der Waals surface area contributed by atoms with Gasteiger partial charge in [-0.25, -0.2) is 43.9 Å². The maximum atomic E-state index is 14.8. The first kappa shape index (κ1) is 25.1. The lowest BCUT2D eigenvalue weighted by atomic mass is 9.77. The Labute approximate surface area is 201 Å². The third-order valence-corrected chi connectivity index (χ3v) is 5.87. The molecule has 2 aliphatic carbocycles. The third kappa shape index (κ3) is 3.93. The first-order valence-electron chi connectivity index (χ1n) is 10.3. The second kappa shape index (κ2) is 9.07. The van der Waals surface area contributed by atoms with Crippen LogP contribution in [0, 0.1) is 34.9 Å². The zero-order valence-electron chi connectivity index (χ0n) is 17.9. The molecule has 2 unspecified atom stereocenters. The molecule has 3 aromatic rings.